The van der Waals surface area contributed by atoms with Crippen LogP contribution in [0.1, 0.15) is 68.3 Å². The highest BCUT2D eigenvalue weighted by Crippen LogP contribution is 2.23. The van der Waals surface area contributed by atoms with Crippen LogP contribution in [0.4, 0.5) is 5.69 Å². The van der Waals surface area contributed by atoms with Gasteiger partial charge >= 0.3 is 0 Å². The molecular formula is C18H28N2O. The van der Waals surface area contributed by atoms with Gasteiger partial charge in [0.05, 0.1) is 0 Å². The van der Waals surface area contributed by atoms with Gasteiger partial charge in [-0.15, -0.1) is 0 Å². The Bertz CT molecular complexity index is 470. The molecule has 2 rings (SSSR count). The monoisotopic (exact) mass is 288 g/mol. The fourth-order valence-electron chi connectivity index (χ4n) is 2.97. The summed E-state index contributed by atoms with van der Waals surface area (Å²) >= 11 is 0. The summed E-state index contributed by atoms with van der Waals surface area (Å²) < 4.78 is 0. The number of unbranched alkanes of at least 4 members (excludes halogenated alkanes) is 1. The number of amides is 1. The Balaban J connectivity index is 2.01. The first kappa shape index (κ1) is 15.9. The molecule has 0 aliphatic carbocycles. The number of carbonyl (C=O) groups excluding carboxylic acids is 1. The second kappa shape index (κ2) is 8.06. The number of fused-ring (bicyclic) bond motifs is 1. The van der Waals surface area contributed by atoms with Crippen molar-refractivity contribution in [3.63, 3.8) is 0 Å². The molecule has 116 valence electrons. The summed E-state index contributed by atoms with van der Waals surface area (Å²) in [4.78, 5) is 12.4. The number of rotatable bonds is 7. The molecule has 1 amide bonds. The van der Waals surface area contributed by atoms with Gasteiger partial charge in [0.1, 0.15) is 0 Å². The highest BCUT2D eigenvalue weighted by molar-refractivity contribution is 5.95. The molecular weight excluding hydrogens is 260 g/mol. The second-order valence-corrected chi connectivity index (χ2v) is 6.00. The van der Waals surface area contributed by atoms with Crippen LogP contribution in [0.3, 0.4) is 0 Å². The molecule has 1 atom stereocenters. The SMILES string of the molecule is CCCCC(CCC)NC(=O)c1ccc2c(c1)CCCN2. The predicted molar refractivity (Wildman–Crippen MR) is 88.9 cm³/mol. The average molecular weight is 288 g/mol. The molecule has 0 spiro atoms. The number of carbonyl (C=O) groups is 1. The summed E-state index contributed by atoms with van der Waals surface area (Å²) in [5.41, 5.74) is 3.26. The molecule has 1 aliphatic heterocycles. The van der Waals surface area contributed by atoms with Crippen LogP contribution in [0.25, 0.3) is 0 Å². The van der Waals surface area contributed by atoms with E-state index < -0.39 is 0 Å². The van der Waals surface area contributed by atoms with Crippen LogP contribution in [-0.2, 0) is 6.42 Å². The molecule has 2 N–H and O–H groups in total. The van der Waals surface area contributed by atoms with E-state index >= 15 is 0 Å². The van der Waals surface area contributed by atoms with Crippen molar-refractivity contribution in [2.24, 2.45) is 0 Å². The summed E-state index contributed by atoms with van der Waals surface area (Å²) in [6, 6.07) is 6.36. The lowest BCUT2D eigenvalue weighted by atomic mass is 10.00. The summed E-state index contributed by atoms with van der Waals surface area (Å²) in [6.07, 6.45) is 7.84. The van der Waals surface area contributed by atoms with Gasteiger partial charge in [-0.05, 0) is 49.4 Å². The molecule has 1 aromatic rings. The standard InChI is InChI=1S/C18H28N2O/c1-3-5-9-16(7-4-2)20-18(21)15-10-11-17-14(13-15)8-6-12-19-17/h10-11,13,16,19H,3-9,12H2,1-2H3,(H,20,21). The Labute approximate surface area is 128 Å². The molecule has 0 aromatic heterocycles. The summed E-state index contributed by atoms with van der Waals surface area (Å²) in [7, 11) is 0. The average Bonchev–Trinajstić information content (AvgIpc) is 2.52. The zero-order valence-corrected chi connectivity index (χ0v) is 13.4. The van der Waals surface area contributed by atoms with E-state index in [9.17, 15) is 4.79 Å². The summed E-state index contributed by atoms with van der Waals surface area (Å²) in [6.45, 7) is 5.41. The van der Waals surface area contributed by atoms with Gasteiger partial charge in [-0.25, -0.2) is 0 Å². The van der Waals surface area contributed by atoms with Crippen LogP contribution in [0.5, 0.6) is 0 Å². The Morgan fingerprint density at radius 1 is 1.29 bits per heavy atom. The molecule has 21 heavy (non-hydrogen) atoms. The molecule has 0 fully saturated rings. The van der Waals surface area contributed by atoms with Crippen molar-refractivity contribution < 1.29 is 4.79 Å². The third-order valence-electron chi connectivity index (χ3n) is 4.18. The van der Waals surface area contributed by atoms with Crippen molar-refractivity contribution in [2.45, 2.75) is 64.8 Å². The maximum Gasteiger partial charge on any atom is 0.251 e. The lowest BCUT2D eigenvalue weighted by molar-refractivity contribution is 0.0932. The lowest BCUT2D eigenvalue weighted by Crippen LogP contribution is -2.34. The van der Waals surface area contributed by atoms with Gasteiger partial charge in [0, 0.05) is 23.8 Å². The topological polar surface area (TPSA) is 41.1 Å². The molecule has 3 nitrogen and oxygen atoms in total. The van der Waals surface area contributed by atoms with Crippen LogP contribution < -0.4 is 10.6 Å². The maximum atomic E-state index is 12.4. The molecule has 0 saturated carbocycles. The molecule has 1 aliphatic rings. The van der Waals surface area contributed by atoms with Crippen molar-refractivity contribution in [3.8, 4) is 0 Å². The quantitative estimate of drug-likeness (QED) is 0.792. The van der Waals surface area contributed by atoms with Crippen LogP contribution in [-0.4, -0.2) is 18.5 Å². The van der Waals surface area contributed by atoms with Gasteiger partial charge in [-0.2, -0.15) is 0 Å². The van der Waals surface area contributed by atoms with Gasteiger partial charge in [-0.1, -0.05) is 33.1 Å². The molecule has 1 unspecified atom stereocenters. The number of benzene rings is 1. The molecule has 0 bridgehead atoms. The Kier molecular flexibility index (Phi) is 6.09. The number of hydrogen-bond acceptors (Lipinski definition) is 2. The molecule has 0 radical (unpaired) electrons. The third kappa shape index (κ3) is 4.48. The number of anilines is 1. The van der Waals surface area contributed by atoms with Crippen LogP contribution in [0.2, 0.25) is 0 Å². The Morgan fingerprint density at radius 3 is 2.90 bits per heavy atom. The lowest BCUT2D eigenvalue weighted by Gasteiger charge is -2.20. The number of aryl methyl sites for hydroxylation is 1. The van der Waals surface area contributed by atoms with Crippen LogP contribution >= 0.6 is 0 Å². The van der Waals surface area contributed by atoms with Crippen molar-refractivity contribution in [1.29, 1.82) is 0 Å². The minimum absolute atomic E-state index is 0.0814. The predicted octanol–water partition coefficient (Wildman–Crippen LogP) is 4.13. The van der Waals surface area contributed by atoms with Crippen LogP contribution in [0, 0.1) is 0 Å². The Hall–Kier alpha value is -1.51. The molecule has 1 heterocycles. The van der Waals surface area contributed by atoms with Gasteiger partial charge in [0.2, 0.25) is 0 Å². The van der Waals surface area contributed by atoms with E-state index in [1.54, 1.807) is 0 Å². The van der Waals surface area contributed by atoms with Gasteiger partial charge < -0.3 is 10.6 Å². The summed E-state index contributed by atoms with van der Waals surface area (Å²) in [5.74, 6) is 0.0814. The van der Waals surface area contributed by atoms with Crippen molar-refractivity contribution in [1.82, 2.24) is 5.32 Å². The van der Waals surface area contributed by atoms with Crippen molar-refractivity contribution in [3.05, 3.63) is 29.3 Å². The fourth-order valence-corrected chi connectivity index (χ4v) is 2.97. The van der Waals surface area contributed by atoms with E-state index in [1.807, 2.05) is 12.1 Å². The minimum Gasteiger partial charge on any atom is -0.385 e. The van der Waals surface area contributed by atoms with Gasteiger partial charge in [0.15, 0.2) is 0 Å². The molecule has 1 aromatic carbocycles. The van der Waals surface area contributed by atoms with E-state index in [1.165, 1.54) is 24.1 Å². The third-order valence-corrected chi connectivity index (χ3v) is 4.18. The van der Waals surface area contributed by atoms with Gasteiger partial charge in [-0.3, -0.25) is 4.79 Å². The highest BCUT2D eigenvalue weighted by atomic mass is 16.1. The number of hydrogen-bond donors (Lipinski definition) is 2. The first-order valence-electron chi connectivity index (χ1n) is 8.42. The second-order valence-electron chi connectivity index (χ2n) is 6.00. The highest BCUT2D eigenvalue weighted by Gasteiger charge is 2.15. The maximum absolute atomic E-state index is 12.4. The largest absolute Gasteiger partial charge is 0.385 e. The van der Waals surface area contributed by atoms with E-state index in [4.69, 9.17) is 0 Å². The minimum atomic E-state index is 0.0814. The van der Waals surface area contributed by atoms with Crippen molar-refractivity contribution >= 4 is 11.6 Å². The van der Waals surface area contributed by atoms with E-state index in [-0.39, 0.29) is 5.91 Å². The summed E-state index contributed by atoms with van der Waals surface area (Å²) in [5, 5.41) is 6.60. The zero-order valence-electron chi connectivity index (χ0n) is 13.4. The normalized spacial score (nSPS) is 15.0. The molecule has 0 saturated heterocycles. The number of nitrogens with one attached hydrogen (secondary N) is 2. The first-order valence-corrected chi connectivity index (χ1v) is 8.42. The van der Waals surface area contributed by atoms with E-state index in [0.717, 1.165) is 44.2 Å². The smallest absolute Gasteiger partial charge is 0.251 e. The van der Waals surface area contributed by atoms with Crippen LogP contribution in [0.15, 0.2) is 18.2 Å². The van der Waals surface area contributed by atoms with Gasteiger partial charge in [0.25, 0.3) is 5.91 Å². The van der Waals surface area contributed by atoms with Crippen molar-refractivity contribution in [2.75, 3.05) is 11.9 Å². The zero-order chi connectivity index (χ0) is 15.1. The fraction of sp³-hybridized carbons (Fsp3) is 0.611. The molecule has 3 heteroatoms. The first-order chi connectivity index (χ1) is 10.2. The van der Waals surface area contributed by atoms with E-state index in [2.05, 4.69) is 30.5 Å². The Morgan fingerprint density at radius 2 is 2.14 bits per heavy atom. The van der Waals surface area contributed by atoms with E-state index in [0.29, 0.717) is 6.04 Å².